The van der Waals surface area contributed by atoms with Crippen LogP contribution in [-0.2, 0) is 11.2 Å². The van der Waals surface area contributed by atoms with Crippen molar-refractivity contribution in [2.45, 2.75) is 33.2 Å². The lowest BCUT2D eigenvalue weighted by Gasteiger charge is -2.10. The van der Waals surface area contributed by atoms with E-state index in [1.807, 2.05) is 19.2 Å². The number of hydrogen-bond donors (Lipinski definition) is 1. The summed E-state index contributed by atoms with van der Waals surface area (Å²) in [6.45, 7) is 5.47. The lowest BCUT2D eigenvalue weighted by molar-refractivity contribution is -0.401. The second kappa shape index (κ2) is 6.78. The van der Waals surface area contributed by atoms with Crippen molar-refractivity contribution >= 4 is 28.3 Å². The fourth-order valence-corrected chi connectivity index (χ4v) is 3.21. The molecule has 25 heavy (non-hydrogen) atoms. The van der Waals surface area contributed by atoms with Gasteiger partial charge >= 0.3 is 5.97 Å². The lowest BCUT2D eigenvalue weighted by atomic mass is 10.1. The third kappa shape index (κ3) is 3.33. The van der Waals surface area contributed by atoms with Gasteiger partial charge in [0.2, 0.25) is 5.43 Å². The first kappa shape index (κ1) is 17.3. The number of benzene rings is 1. The van der Waals surface area contributed by atoms with Crippen molar-refractivity contribution in [3.8, 4) is 16.3 Å². The Morgan fingerprint density at radius 3 is 2.80 bits per heavy atom. The van der Waals surface area contributed by atoms with Crippen molar-refractivity contribution in [2.75, 3.05) is 0 Å². The molecule has 0 aliphatic carbocycles. The summed E-state index contributed by atoms with van der Waals surface area (Å²) in [5.74, 6) is -0.0252. The monoisotopic (exact) mass is 359 g/mol. The molecule has 0 bridgehead atoms. The van der Waals surface area contributed by atoms with E-state index < -0.39 is 12.0 Å². The Hall–Kier alpha value is -2.51. The minimum Gasteiger partial charge on any atom is -0.463 e. The van der Waals surface area contributed by atoms with E-state index in [1.54, 1.807) is 19.1 Å². The van der Waals surface area contributed by atoms with Gasteiger partial charge in [0.15, 0.2) is 6.04 Å². The molecule has 130 valence electrons. The van der Waals surface area contributed by atoms with Gasteiger partial charge in [-0.2, -0.15) is 0 Å². The molecule has 0 amide bonds. The third-order valence-electron chi connectivity index (χ3n) is 3.80. The van der Waals surface area contributed by atoms with Crippen LogP contribution in [0.2, 0.25) is 0 Å². The number of aromatic nitrogens is 1. The maximum Gasteiger partial charge on any atom is 0.369 e. The fourth-order valence-electron chi connectivity index (χ4n) is 2.41. The number of fused-ring (bicyclic) bond motifs is 1. The van der Waals surface area contributed by atoms with Crippen molar-refractivity contribution in [3.63, 3.8) is 0 Å². The van der Waals surface area contributed by atoms with Gasteiger partial charge in [-0.05, 0) is 31.9 Å². The third-order valence-corrected chi connectivity index (χ3v) is 4.79. The minimum atomic E-state index is -0.483. The Bertz CT molecular complexity index is 1000. The highest BCUT2D eigenvalue weighted by molar-refractivity contribution is 7.13. The van der Waals surface area contributed by atoms with Crippen LogP contribution in [0.15, 0.2) is 33.0 Å². The molecule has 0 saturated carbocycles. The first-order valence-electron chi connectivity index (χ1n) is 7.96. The van der Waals surface area contributed by atoms with Gasteiger partial charge in [0.25, 0.3) is 0 Å². The maximum absolute atomic E-state index is 12.8. The summed E-state index contributed by atoms with van der Waals surface area (Å²) in [6.07, 6.45) is 2.02. The zero-order valence-corrected chi connectivity index (χ0v) is 15.1. The first-order chi connectivity index (χ1) is 11.9. The Labute approximate surface area is 148 Å². The normalized spacial score (nSPS) is 12.3. The Morgan fingerprint density at radius 1 is 1.44 bits per heavy atom. The van der Waals surface area contributed by atoms with E-state index in [9.17, 15) is 9.59 Å². The second-order valence-electron chi connectivity index (χ2n) is 5.90. The molecule has 7 heteroatoms. The Morgan fingerprint density at radius 2 is 2.20 bits per heavy atom. The average molecular weight is 359 g/mol. The number of rotatable bonds is 4. The number of ether oxygens (including phenoxy) is 1. The molecule has 0 unspecified atom stereocenters. The van der Waals surface area contributed by atoms with Gasteiger partial charge in [-0.25, -0.2) is 9.78 Å². The van der Waals surface area contributed by atoms with Crippen LogP contribution in [0.4, 0.5) is 0 Å². The summed E-state index contributed by atoms with van der Waals surface area (Å²) in [6, 6.07) is 2.83. The molecule has 2 heterocycles. The molecule has 0 fully saturated rings. The topological polar surface area (TPSA) is 97.0 Å². The highest BCUT2D eigenvalue weighted by Gasteiger charge is 2.19. The van der Waals surface area contributed by atoms with Gasteiger partial charge in [-0.1, -0.05) is 6.92 Å². The number of aryl methyl sites for hydroxylation is 2. The van der Waals surface area contributed by atoms with Gasteiger partial charge in [-0.3, -0.25) is 4.79 Å². The standard InChI is InChI=1S/C18H18N2O4S/c1-4-11-5-12-15(6-14(11)24-18(22)10(3)19)23-7-13(16(12)21)17-20-9(2)8-25-17/h5-8,10H,4,19H2,1-3H3/p+1/t10-/m0/s1. The summed E-state index contributed by atoms with van der Waals surface area (Å²) in [7, 11) is 0. The van der Waals surface area contributed by atoms with Crippen molar-refractivity contribution in [3.05, 3.63) is 45.3 Å². The van der Waals surface area contributed by atoms with E-state index in [4.69, 9.17) is 9.15 Å². The van der Waals surface area contributed by atoms with E-state index in [0.717, 1.165) is 11.3 Å². The number of thiazole rings is 1. The maximum atomic E-state index is 12.8. The lowest BCUT2D eigenvalue weighted by Crippen LogP contribution is -2.64. The van der Waals surface area contributed by atoms with Gasteiger partial charge < -0.3 is 14.9 Å². The smallest absolute Gasteiger partial charge is 0.369 e. The SMILES string of the molecule is CCc1cc2c(=O)c(-c3nc(C)cs3)coc2cc1OC(=O)[C@H](C)[NH3+]. The zero-order valence-electron chi connectivity index (χ0n) is 14.3. The van der Waals surface area contributed by atoms with Crippen molar-refractivity contribution in [2.24, 2.45) is 0 Å². The number of carbonyl (C=O) groups is 1. The summed E-state index contributed by atoms with van der Waals surface area (Å²) >= 11 is 1.40. The number of esters is 1. The fraction of sp³-hybridized carbons (Fsp3) is 0.278. The molecular formula is C18H19N2O4S+. The Balaban J connectivity index is 2.14. The molecule has 0 aliphatic heterocycles. The van der Waals surface area contributed by atoms with Gasteiger partial charge in [0.1, 0.15) is 22.6 Å². The molecule has 2 aromatic heterocycles. The second-order valence-corrected chi connectivity index (χ2v) is 6.76. The van der Waals surface area contributed by atoms with Crippen LogP contribution in [0, 0.1) is 6.92 Å². The van der Waals surface area contributed by atoms with Crippen LogP contribution in [0.3, 0.4) is 0 Å². The number of carbonyl (C=O) groups excluding carboxylic acids is 1. The number of hydrogen-bond acceptors (Lipinski definition) is 6. The van der Waals surface area contributed by atoms with Crippen LogP contribution < -0.4 is 15.9 Å². The first-order valence-corrected chi connectivity index (χ1v) is 8.84. The van der Waals surface area contributed by atoms with Gasteiger partial charge in [-0.15, -0.1) is 11.3 Å². The molecule has 0 aliphatic rings. The molecule has 3 aromatic rings. The molecule has 1 atom stereocenters. The highest BCUT2D eigenvalue weighted by Crippen LogP contribution is 2.28. The summed E-state index contributed by atoms with van der Waals surface area (Å²) in [5, 5.41) is 2.97. The van der Waals surface area contributed by atoms with E-state index in [0.29, 0.717) is 33.7 Å². The average Bonchev–Trinajstić information content (AvgIpc) is 3.00. The molecule has 1 aromatic carbocycles. The molecule has 0 radical (unpaired) electrons. The van der Waals surface area contributed by atoms with E-state index in [-0.39, 0.29) is 5.43 Å². The number of quaternary nitrogens is 1. The molecule has 6 nitrogen and oxygen atoms in total. The predicted molar refractivity (Wildman–Crippen MR) is 95.7 cm³/mol. The van der Waals surface area contributed by atoms with Gasteiger partial charge in [0, 0.05) is 17.1 Å². The van der Waals surface area contributed by atoms with Crippen LogP contribution in [0.5, 0.6) is 5.75 Å². The zero-order chi connectivity index (χ0) is 18.1. The molecular weight excluding hydrogens is 340 g/mol. The minimum absolute atomic E-state index is 0.145. The number of nitrogens with zero attached hydrogens (tertiary/aromatic N) is 1. The summed E-state index contributed by atoms with van der Waals surface area (Å²) in [4.78, 5) is 29.0. The highest BCUT2D eigenvalue weighted by atomic mass is 32.1. The molecule has 3 rings (SSSR count). The largest absolute Gasteiger partial charge is 0.463 e. The van der Waals surface area contributed by atoms with Crippen molar-refractivity contribution in [1.29, 1.82) is 0 Å². The van der Waals surface area contributed by atoms with Gasteiger partial charge in [0.05, 0.1) is 10.9 Å². The molecule has 0 spiro atoms. The van der Waals surface area contributed by atoms with Crippen molar-refractivity contribution < 1.29 is 19.7 Å². The van der Waals surface area contributed by atoms with Crippen molar-refractivity contribution in [1.82, 2.24) is 4.98 Å². The summed E-state index contributed by atoms with van der Waals surface area (Å²) in [5.41, 5.74) is 5.95. The van der Waals surface area contributed by atoms with Crippen LogP contribution >= 0.6 is 11.3 Å². The van der Waals surface area contributed by atoms with E-state index >= 15 is 0 Å². The van der Waals surface area contributed by atoms with E-state index in [2.05, 4.69) is 10.7 Å². The predicted octanol–water partition coefficient (Wildman–Crippen LogP) is 2.32. The summed E-state index contributed by atoms with van der Waals surface area (Å²) < 4.78 is 11.0. The van der Waals surface area contributed by atoms with E-state index in [1.165, 1.54) is 17.6 Å². The quantitative estimate of drug-likeness (QED) is 0.569. The molecule has 3 N–H and O–H groups in total. The van der Waals surface area contributed by atoms with Crippen LogP contribution in [-0.4, -0.2) is 17.0 Å². The van der Waals surface area contributed by atoms with Crippen LogP contribution in [0.1, 0.15) is 25.1 Å². The Kier molecular flexibility index (Phi) is 4.69. The molecule has 0 saturated heterocycles. The van der Waals surface area contributed by atoms with Crippen LogP contribution in [0.25, 0.3) is 21.5 Å².